The number of carbonyl (C=O) groups excluding carboxylic acids is 1. The van der Waals surface area contributed by atoms with Crippen LogP contribution in [0.15, 0.2) is 53.5 Å². The van der Waals surface area contributed by atoms with Gasteiger partial charge in [-0.3, -0.25) is 9.69 Å². The molecule has 8 heteroatoms. The average molecular weight is 445 g/mol. The third-order valence-electron chi connectivity index (χ3n) is 6.09. The Morgan fingerprint density at radius 3 is 2.48 bits per heavy atom. The molecule has 170 valence electrons. The number of nitrogens with two attached hydrogens (primary N) is 2. The van der Waals surface area contributed by atoms with Crippen molar-refractivity contribution in [1.29, 1.82) is 5.26 Å². The number of morpholine rings is 1. The number of aliphatic imine (C=N–C) groups is 1. The first-order valence-electron chi connectivity index (χ1n) is 11.0. The van der Waals surface area contributed by atoms with Crippen molar-refractivity contribution in [3.63, 3.8) is 0 Å². The van der Waals surface area contributed by atoms with Crippen LogP contribution < -0.4 is 11.5 Å². The molecule has 1 unspecified atom stereocenters. The molecule has 0 saturated carbocycles. The lowest BCUT2D eigenvalue weighted by Gasteiger charge is -2.27. The van der Waals surface area contributed by atoms with Crippen LogP contribution in [0.25, 0.3) is 10.9 Å². The predicted molar refractivity (Wildman–Crippen MR) is 128 cm³/mol. The highest BCUT2D eigenvalue weighted by molar-refractivity contribution is 6.17. The Morgan fingerprint density at radius 1 is 1.12 bits per heavy atom. The zero-order chi connectivity index (χ0) is 23.4. The molecule has 1 aliphatic rings. The van der Waals surface area contributed by atoms with Crippen LogP contribution in [-0.4, -0.2) is 54.1 Å². The molecule has 4 rings (SSSR count). The number of fused-ring (bicyclic) bond motifs is 1. The molecule has 4 N–H and O–H groups in total. The van der Waals surface area contributed by atoms with E-state index in [1.165, 1.54) is 0 Å². The van der Waals surface area contributed by atoms with Crippen molar-refractivity contribution in [3.8, 4) is 6.07 Å². The second kappa shape index (κ2) is 9.86. The van der Waals surface area contributed by atoms with E-state index in [1.807, 2.05) is 25.1 Å². The maximum absolute atomic E-state index is 13.6. The summed E-state index contributed by atoms with van der Waals surface area (Å²) in [5, 5.41) is 10.3. The van der Waals surface area contributed by atoms with Crippen LogP contribution >= 0.6 is 0 Å². The van der Waals surface area contributed by atoms with Gasteiger partial charge in [0.05, 0.1) is 24.8 Å². The van der Waals surface area contributed by atoms with Crippen LogP contribution in [0.3, 0.4) is 0 Å². The lowest BCUT2D eigenvalue weighted by Crippen LogP contribution is -2.38. The maximum Gasteiger partial charge on any atom is 0.195 e. The fourth-order valence-corrected chi connectivity index (χ4v) is 4.36. The average Bonchev–Trinajstić information content (AvgIpc) is 3.12. The summed E-state index contributed by atoms with van der Waals surface area (Å²) < 4.78 is 7.68. The summed E-state index contributed by atoms with van der Waals surface area (Å²) in [7, 11) is 0. The molecule has 0 amide bonds. The van der Waals surface area contributed by atoms with Crippen molar-refractivity contribution in [2.45, 2.75) is 19.5 Å². The second-order valence-electron chi connectivity index (χ2n) is 8.12. The molecule has 0 spiro atoms. The van der Waals surface area contributed by atoms with Gasteiger partial charge in [-0.2, -0.15) is 5.26 Å². The minimum absolute atomic E-state index is 0.0456. The highest BCUT2D eigenvalue weighted by atomic mass is 16.5. The Labute approximate surface area is 193 Å². The van der Waals surface area contributed by atoms with Gasteiger partial charge in [0, 0.05) is 48.3 Å². The molecular weight excluding hydrogens is 416 g/mol. The van der Waals surface area contributed by atoms with E-state index in [-0.39, 0.29) is 11.7 Å². The number of benzene rings is 2. The van der Waals surface area contributed by atoms with Gasteiger partial charge < -0.3 is 20.8 Å². The van der Waals surface area contributed by atoms with Crippen molar-refractivity contribution in [3.05, 3.63) is 70.9 Å². The molecule has 1 aliphatic heterocycles. The molecule has 0 radical (unpaired) electrons. The summed E-state index contributed by atoms with van der Waals surface area (Å²) in [6.45, 7) is 7.11. The summed E-state index contributed by atoms with van der Waals surface area (Å²) >= 11 is 0. The molecule has 2 heterocycles. The number of nitriles is 1. The van der Waals surface area contributed by atoms with Crippen LogP contribution in [0, 0.1) is 18.3 Å². The second-order valence-corrected chi connectivity index (χ2v) is 8.12. The van der Waals surface area contributed by atoms with E-state index >= 15 is 0 Å². The van der Waals surface area contributed by atoms with Crippen LogP contribution in [0.4, 0.5) is 0 Å². The number of ether oxygens (including phenoxy) is 1. The predicted octanol–water partition coefficient (Wildman–Crippen LogP) is 2.35. The number of nitrogens with zero attached hydrogens (tertiary/aromatic N) is 4. The number of para-hydroxylation sites is 1. The minimum atomic E-state index is -0.803. The SMILES string of the molecule is Cc1c(C(=O)c2ccc(C(C#N)N=C(N)N)cc2)c2ccccc2n1CCN1CCOCC1. The molecule has 33 heavy (non-hydrogen) atoms. The zero-order valence-corrected chi connectivity index (χ0v) is 18.7. The third kappa shape index (κ3) is 4.75. The molecule has 0 bridgehead atoms. The normalized spacial score (nSPS) is 15.2. The molecule has 1 fully saturated rings. The number of rotatable bonds is 7. The molecule has 1 saturated heterocycles. The first-order chi connectivity index (χ1) is 16.0. The first-order valence-corrected chi connectivity index (χ1v) is 11.0. The number of guanidine groups is 1. The number of carbonyl (C=O) groups is 1. The molecule has 3 aromatic rings. The monoisotopic (exact) mass is 444 g/mol. The van der Waals surface area contributed by atoms with E-state index in [9.17, 15) is 10.1 Å². The van der Waals surface area contributed by atoms with Gasteiger partial charge in [0.25, 0.3) is 0 Å². The Morgan fingerprint density at radius 2 is 1.82 bits per heavy atom. The largest absolute Gasteiger partial charge is 0.379 e. The molecular formula is C25H28N6O2. The molecule has 2 aromatic carbocycles. The molecule has 1 aromatic heterocycles. The van der Waals surface area contributed by atoms with Gasteiger partial charge in [0.15, 0.2) is 17.8 Å². The fraction of sp³-hybridized carbons (Fsp3) is 0.320. The highest BCUT2D eigenvalue weighted by Crippen LogP contribution is 2.29. The Hall–Kier alpha value is -3.67. The zero-order valence-electron chi connectivity index (χ0n) is 18.7. The molecule has 1 atom stereocenters. The van der Waals surface area contributed by atoms with Gasteiger partial charge in [0.2, 0.25) is 0 Å². The summed E-state index contributed by atoms with van der Waals surface area (Å²) in [6.07, 6.45) is 0. The van der Waals surface area contributed by atoms with Gasteiger partial charge in [-0.15, -0.1) is 0 Å². The van der Waals surface area contributed by atoms with E-state index < -0.39 is 6.04 Å². The summed E-state index contributed by atoms with van der Waals surface area (Å²) in [4.78, 5) is 19.9. The van der Waals surface area contributed by atoms with Crippen LogP contribution in [0.5, 0.6) is 0 Å². The number of aromatic nitrogens is 1. The Balaban J connectivity index is 1.64. The smallest absolute Gasteiger partial charge is 0.195 e. The van der Waals surface area contributed by atoms with Gasteiger partial charge in [-0.1, -0.05) is 42.5 Å². The summed E-state index contributed by atoms with van der Waals surface area (Å²) in [5.74, 6) is -0.196. The van der Waals surface area contributed by atoms with Gasteiger partial charge >= 0.3 is 0 Å². The lowest BCUT2D eigenvalue weighted by molar-refractivity contribution is 0.0365. The standard InChI is InChI=1S/C25H28N6O2/c1-17-23(24(32)19-8-6-18(7-9-19)21(16-26)29-25(27)28)20-4-2-3-5-22(20)31(17)11-10-30-12-14-33-15-13-30/h2-9,21H,10-15H2,1H3,(H4,27,28,29). The van der Waals surface area contributed by atoms with Crippen molar-refractivity contribution >= 4 is 22.6 Å². The maximum atomic E-state index is 13.6. The Bertz CT molecular complexity index is 1210. The summed E-state index contributed by atoms with van der Waals surface area (Å²) in [6, 6.07) is 16.2. The summed E-state index contributed by atoms with van der Waals surface area (Å²) in [5.41, 5.74) is 14.7. The van der Waals surface area contributed by atoms with E-state index in [0.29, 0.717) is 16.7 Å². The van der Waals surface area contributed by atoms with E-state index in [0.717, 1.165) is 56.0 Å². The van der Waals surface area contributed by atoms with E-state index in [2.05, 4.69) is 26.6 Å². The number of ketones is 1. The van der Waals surface area contributed by atoms with E-state index in [1.54, 1.807) is 24.3 Å². The first kappa shape index (κ1) is 22.5. The van der Waals surface area contributed by atoms with Crippen LogP contribution in [0.2, 0.25) is 0 Å². The van der Waals surface area contributed by atoms with Gasteiger partial charge in [-0.25, -0.2) is 4.99 Å². The van der Waals surface area contributed by atoms with Gasteiger partial charge in [-0.05, 0) is 18.6 Å². The number of hydrogen-bond donors (Lipinski definition) is 2. The number of hydrogen-bond acceptors (Lipinski definition) is 5. The van der Waals surface area contributed by atoms with Crippen molar-refractivity contribution < 1.29 is 9.53 Å². The van der Waals surface area contributed by atoms with Crippen LogP contribution in [-0.2, 0) is 11.3 Å². The molecule has 8 nitrogen and oxygen atoms in total. The van der Waals surface area contributed by atoms with Crippen molar-refractivity contribution in [1.82, 2.24) is 9.47 Å². The third-order valence-corrected chi connectivity index (χ3v) is 6.09. The Kier molecular flexibility index (Phi) is 6.73. The minimum Gasteiger partial charge on any atom is -0.379 e. The highest BCUT2D eigenvalue weighted by Gasteiger charge is 2.22. The van der Waals surface area contributed by atoms with Crippen molar-refractivity contribution in [2.75, 3.05) is 32.8 Å². The van der Waals surface area contributed by atoms with Crippen molar-refractivity contribution in [2.24, 2.45) is 16.5 Å². The lowest BCUT2D eigenvalue weighted by atomic mass is 9.98. The van der Waals surface area contributed by atoms with Crippen LogP contribution in [0.1, 0.15) is 33.2 Å². The molecule has 0 aliphatic carbocycles. The van der Waals surface area contributed by atoms with E-state index in [4.69, 9.17) is 16.2 Å². The van der Waals surface area contributed by atoms with Gasteiger partial charge in [0.1, 0.15) is 0 Å². The topological polar surface area (TPSA) is 123 Å². The quantitative estimate of drug-likeness (QED) is 0.328. The fourth-order valence-electron chi connectivity index (χ4n) is 4.36.